The third-order valence-corrected chi connectivity index (χ3v) is 5.34. The van der Waals surface area contributed by atoms with Crippen LogP contribution in [0.15, 0.2) is 47.3 Å². The molecule has 0 aliphatic rings. The van der Waals surface area contributed by atoms with E-state index in [9.17, 15) is 14.4 Å². The molecule has 2 N–H and O–H groups in total. The summed E-state index contributed by atoms with van der Waals surface area (Å²) < 4.78 is 6.46. The molecule has 2 amide bonds. The van der Waals surface area contributed by atoms with Gasteiger partial charge in [-0.2, -0.15) is 0 Å². The number of benzene rings is 2. The zero-order valence-electron chi connectivity index (χ0n) is 18.7. The summed E-state index contributed by atoms with van der Waals surface area (Å²) in [6.07, 6.45) is 1.57. The number of carbonyl (C=O) groups is 2. The third-order valence-electron chi connectivity index (χ3n) is 4.97. The van der Waals surface area contributed by atoms with Crippen LogP contribution >= 0.6 is 11.6 Å². The lowest BCUT2D eigenvalue weighted by Crippen LogP contribution is -2.31. The fourth-order valence-electron chi connectivity index (χ4n) is 3.41. The lowest BCUT2D eigenvalue weighted by Gasteiger charge is -2.15. The van der Waals surface area contributed by atoms with Gasteiger partial charge in [0, 0.05) is 23.7 Å². The van der Waals surface area contributed by atoms with Gasteiger partial charge >= 0.3 is 12.0 Å². The normalized spacial score (nSPS) is 10.8. The summed E-state index contributed by atoms with van der Waals surface area (Å²) in [5.74, 6) is 0.309. The molecule has 0 aliphatic heterocycles. The Kier molecular flexibility index (Phi) is 8.43. The van der Waals surface area contributed by atoms with E-state index >= 15 is 0 Å². The summed E-state index contributed by atoms with van der Waals surface area (Å²) in [5.41, 5.74) is 1.64. The molecule has 0 bridgehead atoms. The van der Waals surface area contributed by atoms with Gasteiger partial charge in [-0.3, -0.25) is 14.2 Å². The van der Waals surface area contributed by atoms with Crippen molar-refractivity contribution in [2.24, 2.45) is 0 Å². The van der Waals surface area contributed by atoms with Crippen molar-refractivity contribution in [3.63, 3.8) is 0 Å². The largest absolute Gasteiger partial charge is 0.466 e. The number of carbonyl (C=O) groups excluding carboxylic acids is 2. The lowest BCUT2D eigenvalue weighted by molar-refractivity contribution is -0.142. The number of esters is 1. The molecule has 0 saturated heterocycles. The van der Waals surface area contributed by atoms with Crippen molar-refractivity contribution in [2.75, 3.05) is 18.5 Å². The van der Waals surface area contributed by atoms with Crippen LogP contribution < -0.4 is 16.2 Å². The van der Waals surface area contributed by atoms with Gasteiger partial charge in [-0.25, -0.2) is 9.78 Å². The van der Waals surface area contributed by atoms with Gasteiger partial charge in [-0.05, 0) is 43.2 Å². The van der Waals surface area contributed by atoms with Gasteiger partial charge in [0.15, 0.2) is 0 Å². The Labute approximate surface area is 196 Å². The van der Waals surface area contributed by atoms with E-state index in [4.69, 9.17) is 21.3 Å². The highest BCUT2D eigenvalue weighted by Crippen LogP contribution is 2.19. The highest BCUT2D eigenvalue weighted by Gasteiger charge is 2.14. The molecule has 0 saturated carbocycles. The Morgan fingerprint density at radius 2 is 1.94 bits per heavy atom. The number of nitrogens with one attached hydrogen (secondary N) is 2. The average molecular weight is 471 g/mol. The summed E-state index contributed by atoms with van der Waals surface area (Å²) in [6.45, 7) is 4.50. The Hall–Kier alpha value is -3.39. The molecule has 0 radical (unpaired) electrons. The van der Waals surface area contributed by atoms with E-state index < -0.39 is 6.03 Å². The zero-order chi connectivity index (χ0) is 23.8. The Morgan fingerprint density at radius 1 is 1.15 bits per heavy atom. The summed E-state index contributed by atoms with van der Waals surface area (Å²) in [7, 11) is 0. The number of urea groups is 1. The molecule has 0 unspecified atom stereocenters. The summed E-state index contributed by atoms with van der Waals surface area (Å²) >= 11 is 6.32. The van der Waals surface area contributed by atoms with Crippen LogP contribution in [0.25, 0.3) is 10.9 Å². The van der Waals surface area contributed by atoms with E-state index in [0.717, 1.165) is 12.0 Å². The quantitative estimate of drug-likeness (QED) is 0.458. The minimum absolute atomic E-state index is 0.0792. The molecule has 0 spiro atoms. The van der Waals surface area contributed by atoms with Crippen molar-refractivity contribution in [1.82, 2.24) is 14.9 Å². The van der Waals surface area contributed by atoms with Crippen LogP contribution in [-0.2, 0) is 22.5 Å². The molecular weight excluding hydrogens is 444 g/mol. The fraction of sp³-hybridized carbons (Fsp3) is 0.333. The molecular formula is C24H27ClN4O4. The van der Waals surface area contributed by atoms with Crippen molar-refractivity contribution < 1.29 is 14.3 Å². The Balaban J connectivity index is 1.84. The second kappa shape index (κ2) is 11.5. The van der Waals surface area contributed by atoms with Crippen LogP contribution in [-0.4, -0.2) is 34.7 Å². The van der Waals surface area contributed by atoms with E-state index in [2.05, 4.69) is 10.6 Å². The van der Waals surface area contributed by atoms with Crippen LogP contribution in [0.3, 0.4) is 0 Å². The van der Waals surface area contributed by atoms with E-state index in [1.54, 1.807) is 35.8 Å². The molecule has 9 heteroatoms. The van der Waals surface area contributed by atoms with Gasteiger partial charge in [0.2, 0.25) is 0 Å². The van der Waals surface area contributed by atoms with Gasteiger partial charge in [0.25, 0.3) is 5.56 Å². The molecule has 8 nitrogen and oxygen atoms in total. The first-order valence-corrected chi connectivity index (χ1v) is 11.3. The van der Waals surface area contributed by atoms with Crippen molar-refractivity contribution in [2.45, 2.75) is 39.7 Å². The van der Waals surface area contributed by atoms with Crippen molar-refractivity contribution in [3.05, 3.63) is 69.2 Å². The second-order valence-electron chi connectivity index (χ2n) is 7.43. The summed E-state index contributed by atoms with van der Waals surface area (Å²) in [5, 5.41) is 6.26. The number of halogens is 1. The predicted molar refractivity (Wildman–Crippen MR) is 129 cm³/mol. The topological polar surface area (TPSA) is 102 Å². The molecule has 0 atom stereocenters. The van der Waals surface area contributed by atoms with Crippen molar-refractivity contribution in [1.29, 1.82) is 0 Å². The molecule has 33 heavy (non-hydrogen) atoms. The van der Waals surface area contributed by atoms with Gasteiger partial charge in [-0.15, -0.1) is 0 Å². The van der Waals surface area contributed by atoms with Crippen LogP contribution in [0.5, 0.6) is 0 Å². The number of aromatic nitrogens is 2. The molecule has 3 aromatic rings. The first-order valence-electron chi connectivity index (χ1n) is 10.9. The molecule has 2 aromatic carbocycles. The van der Waals surface area contributed by atoms with Crippen LogP contribution in [0, 0.1) is 0 Å². The molecule has 174 valence electrons. The number of ether oxygens (including phenoxy) is 1. The standard InChI is InChI=1S/C24H27ClN4O4/c1-3-7-21-28-20-11-10-17(27-24(32)26-13-12-22(30)33-4-2)14-18(20)23(31)29(21)15-16-8-5-6-9-19(16)25/h5-6,8-11,14H,3-4,7,12-13,15H2,1-2H3,(H2,26,27,32). The van der Waals surface area contributed by atoms with Crippen LogP contribution in [0.2, 0.25) is 5.02 Å². The molecule has 0 fully saturated rings. The maximum atomic E-state index is 13.4. The van der Waals surface area contributed by atoms with Crippen molar-refractivity contribution in [3.8, 4) is 0 Å². The number of fused-ring (bicyclic) bond motifs is 1. The number of amides is 2. The van der Waals surface area contributed by atoms with Gasteiger partial charge < -0.3 is 15.4 Å². The van der Waals surface area contributed by atoms with E-state index in [1.807, 2.05) is 25.1 Å². The highest BCUT2D eigenvalue weighted by molar-refractivity contribution is 6.31. The lowest BCUT2D eigenvalue weighted by atomic mass is 10.1. The fourth-order valence-corrected chi connectivity index (χ4v) is 3.60. The number of rotatable bonds is 9. The number of hydrogen-bond acceptors (Lipinski definition) is 5. The van der Waals surface area contributed by atoms with Gasteiger partial charge in [0.1, 0.15) is 5.82 Å². The first-order chi connectivity index (χ1) is 15.9. The van der Waals surface area contributed by atoms with E-state index in [1.165, 1.54) is 0 Å². The number of hydrogen-bond donors (Lipinski definition) is 2. The molecule has 1 heterocycles. The average Bonchev–Trinajstić information content (AvgIpc) is 2.78. The van der Waals surface area contributed by atoms with E-state index in [-0.39, 0.29) is 24.5 Å². The minimum Gasteiger partial charge on any atom is -0.466 e. The first kappa shape index (κ1) is 24.3. The highest BCUT2D eigenvalue weighted by atomic mass is 35.5. The van der Waals surface area contributed by atoms with E-state index in [0.29, 0.717) is 47.0 Å². The van der Waals surface area contributed by atoms with Crippen LogP contribution in [0.1, 0.15) is 38.1 Å². The van der Waals surface area contributed by atoms with Crippen molar-refractivity contribution >= 4 is 40.2 Å². The van der Waals surface area contributed by atoms with Gasteiger partial charge in [0.05, 0.1) is 30.5 Å². The third kappa shape index (κ3) is 6.32. The number of anilines is 1. The maximum absolute atomic E-state index is 13.4. The predicted octanol–water partition coefficient (Wildman–Crippen LogP) is 4.13. The monoisotopic (exact) mass is 470 g/mol. The summed E-state index contributed by atoms with van der Waals surface area (Å²) in [6, 6.07) is 11.9. The smallest absolute Gasteiger partial charge is 0.319 e. The Morgan fingerprint density at radius 3 is 2.67 bits per heavy atom. The second-order valence-corrected chi connectivity index (χ2v) is 7.84. The maximum Gasteiger partial charge on any atom is 0.319 e. The number of aryl methyl sites for hydroxylation is 1. The zero-order valence-corrected chi connectivity index (χ0v) is 19.4. The number of nitrogens with zero attached hydrogens (tertiary/aromatic N) is 2. The Bertz CT molecular complexity index is 1210. The van der Waals surface area contributed by atoms with Crippen LogP contribution in [0.4, 0.5) is 10.5 Å². The molecule has 3 rings (SSSR count). The summed E-state index contributed by atoms with van der Waals surface area (Å²) in [4.78, 5) is 41.6. The SMILES string of the molecule is CCCc1nc2ccc(NC(=O)NCCC(=O)OCC)cc2c(=O)n1Cc1ccccc1Cl. The minimum atomic E-state index is -0.481. The molecule has 0 aliphatic carbocycles. The van der Waals surface area contributed by atoms with Gasteiger partial charge in [-0.1, -0.05) is 36.7 Å². The molecule has 1 aromatic heterocycles.